The average molecular weight is 498 g/mol. The summed E-state index contributed by atoms with van der Waals surface area (Å²) in [6.45, 7) is 2.40. The van der Waals surface area contributed by atoms with E-state index >= 15 is 0 Å². The van der Waals surface area contributed by atoms with E-state index in [0.717, 1.165) is 23.1 Å². The van der Waals surface area contributed by atoms with Crippen LogP contribution < -0.4 is 4.72 Å². The van der Waals surface area contributed by atoms with Crippen molar-refractivity contribution in [3.8, 4) is 0 Å². The Bertz CT molecular complexity index is 1190. The molecule has 3 rings (SSSR count). The van der Waals surface area contributed by atoms with Gasteiger partial charge in [0.15, 0.2) is 0 Å². The number of carbonyl (C=O) groups is 3. The molecule has 182 valence electrons. The summed E-state index contributed by atoms with van der Waals surface area (Å²) in [5.41, 5.74) is -0.694. The average Bonchev–Trinajstić information content (AvgIpc) is 3.02. The van der Waals surface area contributed by atoms with Crippen molar-refractivity contribution >= 4 is 27.8 Å². The minimum atomic E-state index is -4.74. The van der Waals surface area contributed by atoms with E-state index in [2.05, 4.69) is 4.72 Å². The van der Waals surface area contributed by atoms with Crippen LogP contribution in [0.15, 0.2) is 53.4 Å². The summed E-state index contributed by atoms with van der Waals surface area (Å²) in [4.78, 5) is 37.5. The molecule has 1 heterocycles. The predicted molar refractivity (Wildman–Crippen MR) is 113 cm³/mol. The quantitative estimate of drug-likeness (QED) is 0.443. The van der Waals surface area contributed by atoms with Gasteiger partial charge in [-0.25, -0.2) is 8.42 Å². The van der Waals surface area contributed by atoms with Gasteiger partial charge < -0.3 is 4.74 Å². The van der Waals surface area contributed by atoms with E-state index in [4.69, 9.17) is 4.74 Å². The maximum absolute atomic E-state index is 12.9. The third-order valence-electron chi connectivity index (χ3n) is 5.11. The van der Waals surface area contributed by atoms with Gasteiger partial charge in [0.1, 0.15) is 12.6 Å². The summed E-state index contributed by atoms with van der Waals surface area (Å²) < 4.78 is 71.3. The van der Waals surface area contributed by atoms with Crippen molar-refractivity contribution in [1.82, 2.24) is 9.62 Å². The Morgan fingerprint density at radius 1 is 1.03 bits per heavy atom. The second-order valence-electron chi connectivity index (χ2n) is 7.84. The SMILES string of the molecule is CC(C)C(NS(=O)(=O)c1cccc(C(F)(F)F)c1)C(=O)OCCN1C(=O)c2ccccc2C1=O. The van der Waals surface area contributed by atoms with E-state index in [1.54, 1.807) is 12.1 Å². The number of hydrogen-bond donors (Lipinski definition) is 1. The molecule has 2 amide bonds. The number of fused-ring (bicyclic) bond motifs is 1. The minimum Gasteiger partial charge on any atom is -0.463 e. The van der Waals surface area contributed by atoms with Gasteiger partial charge in [-0.3, -0.25) is 19.3 Å². The lowest BCUT2D eigenvalue weighted by Crippen LogP contribution is -2.46. The van der Waals surface area contributed by atoms with Gasteiger partial charge in [-0.2, -0.15) is 17.9 Å². The largest absolute Gasteiger partial charge is 0.463 e. The summed E-state index contributed by atoms with van der Waals surface area (Å²) in [6, 6.07) is 7.92. The number of halogens is 3. The van der Waals surface area contributed by atoms with Crippen LogP contribution in [0.4, 0.5) is 13.2 Å². The second kappa shape index (κ2) is 9.55. The molecule has 0 radical (unpaired) electrons. The molecule has 0 saturated heterocycles. The fourth-order valence-electron chi connectivity index (χ4n) is 3.30. The number of rotatable bonds is 8. The first-order valence-electron chi connectivity index (χ1n) is 10.1. The van der Waals surface area contributed by atoms with Crippen LogP contribution in [-0.2, 0) is 25.7 Å². The van der Waals surface area contributed by atoms with Gasteiger partial charge in [-0.05, 0) is 36.2 Å². The van der Waals surface area contributed by atoms with Crippen molar-refractivity contribution in [3.05, 3.63) is 65.2 Å². The first-order valence-corrected chi connectivity index (χ1v) is 11.6. The van der Waals surface area contributed by atoms with Crippen LogP contribution in [0.25, 0.3) is 0 Å². The third kappa shape index (κ3) is 5.28. The van der Waals surface area contributed by atoms with Gasteiger partial charge in [0.2, 0.25) is 10.0 Å². The van der Waals surface area contributed by atoms with Crippen LogP contribution in [0.3, 0.4) is 0 Å². The molecule has 34 heavy (non-hydrogen) atoms. The van der Waals surface area contributed by atoms with Crippen LogP contribution in [0.1, 0.15) is 40.1 Å². The molecule has 0 bridgehead atoms. The number of benzene rings is 2. The third-order valence-corrected chi connectivity index (χ3v) is 6.55. The van der Waals surface area contributed by atoms with E-state index in [9.17, 15) is 36.0 Å². The highest BCUT2D eigenvalue weighted by Gasteiger charge is 2.36. The first-order chi connectivity index (χ1) is 15.8. The first kappa shape index (κ1) is 25.4. The van der Waals surface area contributed by atoms with Gasteiger partial charge in [0.05, 0.1) is 28.1 Å². The standard InChI is InChI=1S/C22H21F3N2O6S/c1-13(2)18(26-34(31,32)15-7-5-6-14(12-15)22(23,24)25)21(30)33-11-10-27-19(28)16-8-3-4-9-17(16)20(27)29/h3-9,12-13,18,26H,10-11H2,1-2H3. The number of esters is 1. The normalized spacial score (nSPS) is 14.9. The molecule has 0 fully saturated rings. The lowest BCUT2D eigenvalue weighted by Gasteiger charge is -2.22. The van der Waals surface area contributed by atoms with Gasteiger partial charge in [0, 0.05) is 0 Å². The lowest BCUT2D eigenvalue weighted by atomic mass is 10.1. The number of amides is 2. The van der Waals surface area contributed by atoms with Crippen LogP contribution in [0.5, 0.6) is 0 Å². The molecule has 2 aromatic carbocycles. The number of carbonyl (C=O) groups excluding carboxylic acids is 3. The van der Waals surface area contributed by atoms with E-state index in [1.807, 2.05) is 0 Å². The van der Waals surface area contributed by atoms with Crippen LogP contribution >= 0.6 is 0 Å². The molecule has 0 aliphatic carbocycles. The van der Waals surface area contributed by atoms with E-state index in [1.165, 1.54) is 26.0 Å². The Labute approximate surface area is 193 Å². The fourth-order valence-corrected chi connectivity index (χ4v) is 4.68. The Kier molecular flexibility index (Phi) is 7.13. The Balaban J connectivity index is 1.66. The summed E-state index contributed by atoms with van der Waals surface area (Å²) in [7, 11) is -4.50. The molecule has 2 aromatic rings. The number of sulfonamides is 1. The maximum Gasteiger partial charge on any atom is 0.416 e. The molecule has 1 unspecified atom stereocenters. The Morgan fingerprint density at radius 2 is 1.62 bits per heavy atom. The zero-order chi connectivity index (χ0) is 25.3. The fraction of sp³-hybridized carbons (Fsp3) is 0.318. The van der Waals surface area contributed by atoms with E-state index in [-0.39, 0.29) is 17.7 Å². The smallest absolute Gasteiger partial charge is 0.416 e. The van der Waals surface area contributed by atoms with Crippen LogP contribution in [0.2, 0.25) is 0 Å². The molecule has 8 nitrogen and oxygen atoms in total. The molecule has 12 heteroatoms. The Morgan fingerprint density at radius 3 is 2.15 bits per heavy atom. The van der Waals surface area contributed by atoms with Crippen LogP contribution in [-0.4, -0.2) is 50.3 Å². The molecule has 0 spiro atoms. The summed E-state index contributed by atoms with van der Waals surface area (Å²) in [6.07, 6.45) is -4.74. The lowest BCUT2D eigenvalue weighted by molar-refractivity contribution is -0.147. The van der Waals surface area contributed by atoms with Gasteiger partial charge in [-0.1, -0.05) is 32.0 Å². The number of nitrogens with zero attached hydrogens (tertiary/aromatic N) is 1. The second-order valence-corrected chi connectivity index (χ2v) is 9.56. The highest BCUT2D eigenvalue weighted by Crippen LogP contribution is 2.30. The predicted octanol–water partition coefficient (Wildman–Crippen LogP) is 2.85. The van der Waals surface area contributed by atoms with Crippen molar-refractivity contribution in [2.75, 3.05) is 13.2 Å². The maximum atomic E-state index is 12.9. The van der Waals surface area contributed by atoms with E-state index < -0.39 is 63.0 Å². The number of alkyl halides is 3. The van der Waals surface area contributed by atoms with Gasteiger partial charge in [-0.15, -0.1) is 0 Å². The summed E-state index contributed by atoms with van der Waals surface area (Å²) >= 11 is 0. The number of hydrogen-bond acceptors (Lipinski definition) is 6. The van der Waals surface area contributed by atoms with Crippen molar-refractivity contribution in [1.29, 1.82) is 0 Å². The molecule has 1 atom stereocenters. The van der Waals surface area contributed by atoms with Crippen LogP contribution in [0, 0.1) is 5.92 Å². The van der Waals surface area contributed by atoms with Crippen molar-refractivity contribution < 1.29 is 40.7 Å². The molecule has 1 aliphatic rings. The van der Waals surface area contributed by atoms with Gasteiger partial charge in [0.25, 0.3) is 11.8 Å². The zero-order valence-electron chi connectivity index (χ0n) is 18.1. The summed E-state index contributed by atoms with van der Waals surface area (Å²) in [5, 5.41) is 0. The summed E-state index contributed by atoms with van der Waals surface area (Å²) in [5.74, 6) is -2.70. The molecular weight excluding hydrogens is 477 g/mol. The van der Waals surface area contributed by atoms with Gasteiger partial charge >= 0.3 is 12.1 Å². The molecule has 1 aliphatic heterocycles. The zero-order valence-corrected chi connectivity index (χ0v) is 18.9. The van der Waals surface area contributed by atoms with E-state index in [0.29, 0.717) is 6.07 Å². The molecule has 1 N–H and O–H groups in total. The number of ether oxygens (including phenoxy) is 1. The van der Waals surface area contributed by atoms with Crippen molar-refractivity contribution in [3.63, 3.8) is 0 Å². The Hall–Kier alpha value is -3.25. The molecule has 0 aromatic heterocycles. The molecule has 0 saturated carbocycles. The van der Waals surface area contributed by atoms with Crippen molar-refractivity contribution in [2.24, 2.45) is 5.92 Å². The number of imide groups is 1. The molecular formula is C22H21F3N2O6S. The van der Waals surface area contributed by atoms with Crippen molar-refractivity contribution in [2.45, 2.75) is 31.0 Å². The topological polar surface area (TPSA) is 110 Å². The highest BCUT2D eigenvalue weighted by molar-refractivity contribution is 7.89. The minimum absolute atomic E-state index is 0.229. The number of nitrogens with one attached hydrogen (secondary N) is 1. The highest BCUT2D eigenvalue weighted by atomic mass is 32.2. The monoisotopic (exact) mass is 498 g/mol.